The Morgan fingerprint density at radius 3 is 2.67 bits per heavy atom. The second-order valence-corrected chi connectivity index (χ2v) is 5.36. The number of halogens is 1. The highest BCUT2D eigenvalue weighted by Gasteiger charge is 2.30. The number of nitrogens with zero attached hydrogens (tertiary/aromatic N) is 1. The lowest BCUT2D eigenvalue weighted by Crippen LogP contribution is -2.46. The summed E-state index contributed by atoms with van der Waals surface area (Å²) in [6, 6.07) is 9.31. The van der Waals surface area contributed by atoms with E-state index in [1.54, 1.807) is 0 Å². The van der Waals surface area contributed by atoms with Crippen LogP contribution < -0.4 is 5.43 Å². The monoisotopic (exact) mass is 268 g/mol. The van der Waals surface area contributed by atoms with Crippen LogP contribution in [-0.4, -0.2) is 25.1 Å². The lowest BCUT2D eigenvalue weighted by molar-refractivity contribution is 0.165. The van der Waals surface area contributed by atoms with E-state index in [1.807, 2.05) is 19.1 Å². The Balaban J connectivity index is 1.89. The van der Waals surface area contributed by atoms with Gasteiger partial charge in [0.15, 0.2) is 0 Å². The summed E-state index contributed by atoms with van der Waals surface area (Å²) in [5.41, 5.74) is 4.87. The van der Waals surface area contributed by atoms with Crippen LogP contribution in [0.4, 0.5) is 0 Å². The van der Waals surface area contributed by atoms with Crippen LogP contribution >= 0.6 is 15.9 Å². The second-order valence-electron chi connectivity index (χ2n) is 4.44. The summed E-state index contributed by atoms with van der Waals surface area (Å²) in [7, 11) is 4.10. The van der Waals surface area contributed by atoms with Gasteiger partial charge in [-0.25, -0.2) is 0 Å². The maximum atomic E-state index is 3.52. The summed E-state index contributed by atoms with van der Waals surface area (Å²) >= 11 is 3.52. The van der Waals surface area contributed by atoms with Crippen molar-refractivity contribution in [1.82, 2.24) is 10.4 Å². The molecule has 1 aromatic rings. The summed E-state index contributed by atoms with van der Waals surface area (Å²) < 4.78 is 1.18. The molecule has 82 valence electrons. The highest BCUT2D eigenvalue weighted by atomic mass is 79.9. The Kier molecular flexibility index (Phi) is 3.44. The molecule has 0 amide bonds. The molecule has 1 fully saturated rings. The maximum Gasteiger partial charge on any atom is 0.0226 e. The smallest absolute Gasteiger partial charge is 0.0226 e. The van der Waals surface area contributed by atoms with Crippen molar-refractivity contribution in [3.8, 4) is 0 Å². The molecule has 3 heteroatoms. The largest absolute Gasteiger partial charge is 0.253 e. The van der Waals surface area contributed by atoms with Crippen LogP contribution in [0, 0.1) is 0 Å². The predicted octanol–water partition coefficient (Wildman–Crippen LogP) is 2.76. The number of nitrogens with one attached hydrogen (secondary N) is 1. The Bertz CT molecular complexity index is 332. The van der Waals surface area contributed by atoms with Crippen LogP contribution in [0.3, 0.4) is 0 Å². The molecule has 0 unspecified atom stereocenters. The molecule has 2 rings (SSSR count). The van der Waals surface area contributed by atoms with E-state index in [4.69, 9.17) is 0 Å². The summed E-state index contributed by atoms with van der Waals surface area (Å²) in [5, 5.41) is 2.04. The minimum Gasteiger partial charge on any atom is -0.253 e. The minimum absolute atomic E-state index is 0.656. The molecule has 0 heterocycles. The Morgan fingerprint density at radius 1 is 1.33 bits per heavy atom. The fourth-order valence-electron chi connectivity index (χ4n) is 2.12. The zero-order chi connectivity index (χ0) is 10.8. The van der Waals surface area contributed by atoms with Gasteiger partial charge in [-0.2, -0.15) is 0 Å². The van der Waals surface area contributed by atoms with Gasteiger partial charge in [0, 0.05) is 24.6 Å². The van der Waals surface area contributed by atoms with Crippen LogP contribution in [0.25, 0.3) is 0 Å². The van der Waals surface area contributed by atoms with Crippen molar-refractivity contribution >= 4 is 15.9 Å². The van der Waals surface area contributed by atoms with Gasteiger partial charge in [-0.3, -0.25) is 10.4 Å². The Labute approximate surface area is 99.8 Å². The molecule has 1 aliphatic rings. The van der Waals surface area contributed by atoms with Crippen LogP contribution in [-0.2, 0) is 0 Å². The average molecular weight is 269 g/mol. The third-order valence-electron chi connectivity index (χ3n) is 2.90. The van der Waals surface area contributed by atoms with Gasteiger partial charge in [0.25, 0.3) is 0 Å². The van der Waals surface area contributed by atoms with Crippen LogP contribution in [0.15, 0.2) is 28.7 Å². The van der Waals surface area contributed by atoms with Crippen molar-refractivity contribution in [2.45, 2.75) is 24.8 Å². The number of hydrazine groups is 1. The van der Waals surface area contributed by atoms with E-state index in [0.29, 0.717) is 6.04 Å². The van der Waals surface area contributed by atoms with E-state index in [1.165, 1.54) is 22.9 Å². The van der Waals surface area contributed by atoms with Crippen molar-refractivity contribution in [3.63, 3.8) is 0 Å². The first kappa shape index (κ1) is 11.1. The van der Waals surface area contributed by atoms with Crippen molar-refractivity contribution < 1.29 is 0 Å². The Morgan fingerprint density at radius 2 is 2.07 bits per heavy atom. The molecule has 0 atom stereocenters. The fraction of sp³-hybridized carbons (Fsp3) is 0.500. The van der Waals surface area contributed by atoms with Crippen molar-refractivity contribution in [1.29, 1.82) is 0 Å². The molecule has 0 saturated heterocycles. The van der Waals surface area contributed by atoms with Gasteiger partial charge < -0.3 is 0 Å². The SMILES string of the molecule is CN(C)NC1CC(c2cccc(Br)c2)C1. The standard InChI is InChI=1S/C12H17BrN2/c1-15(2)14-12-7-10(8-12)9-4-3-5-11(13)6-9/h3-6,10,12,14H,7-8H2,1-2H3. The van der Waals surface area contributed by atoms with Crippen molar-refractivity contribution in [3.05, 3.63) is 34.3 Å². The molecule has 2 nitrogen and oxygen atoms in total. The van der Waals surface area contributed by atoms with Crippen molar-refractivity contribution in [2.75, 3.05) is 14.1 Å². The topological polar surface area (TPSA) is 15.3 Å². The van der Waals surface area contributed by atoms with Gasteiger partial charge >= 0.3 is 0 Å². The number of hydrogen-bond donors (Lipinski definition) is 1. The van der Waals surface area contributed by atoms with Gasteiger partial charge in [0.05, 0.1) is 0 Å². The number of rotatable bonds is 3. The van der Waals surface area contributed by atoms with Gasteiger partial charge in [-0.15, -0.1) is 0 Å². The summed E-state index contributed by atoms with van der Waals surface area (Å²) in [6.45, 7) is 0. The number of benzene rings is 1. The lowest BCUT2D eigenvalue weighted by Gasteiger charge is -2.38. The first-order valence-electron chi connectivity index (χ1n) is 5.34. The predicted molar refractivity (Wildman–Crippen MR) is 66.7 cm³/mol. The Hall–Kier alpha value is -0.380. The van der Waals surface area contributed by atoms with E-state index < -0.39 is 0 Å². The normalized spacial score (nSPS) is 25.3. The third-order valence-corrected chi connectivity index (χ3v) is 3.39. The first-order valence-corrected chi connectivity index (χ1v) is 6.13. The summed E-state index contributed by atoms with van der Waals surface area (Å²) in [6.07, 6.45) is 2.49. The minimum atomic E-state index is 0.656. The van der Waals surface area contributed by atoms with Gasteiger partial charge in [0.2, 0.25) is 0 Å². The van der Waals surface area contributed by atoms with E-state index >= 15 is 0 Å². The molecule has 0 aromatic heterocycles. The lowest BCUT2D eigenvalue weighted by atomic mass is 9.76. The van der Waals surface area contributed by atoms with Gasteiger partial charge in [0.1, 0.15) is 0 Å². The van der Waals surface area contributed by atoms with Crippen LogP contribution in [0.2, 0.25) is 0 Å². The molecule has 0 aliphatic heterocycles. The molecular weight excluding hydrogens is 252 g/mol. The molecule has 1 aromatic carbocycles. The molecular formula is C12H17BrN2. The average Bonchev–Trinajstić information content (AvgIpc) is 2.10. The summed E-state index contributed by atoms with van der Waals surface area (Å²) in [4.78, 5) is 0. The quantitative estimate of drug-likeness (QED) is 0.849. The van der Waals surface area contributed by atoms with Crippen LogP contribution in [0.5, 0.6) is 0 Å². The van der Waals surface area contributed by atoms with Gasteiger partial charge in [-0.05, 0) is 36.5 Å². The maximum absolute atomic E-state index is 3.52. The molecule has 1 aliphatic carbocycles. The molecule has 0 spiro atoms. The third kappa shape index (κ3) is 2.80. The van der Waals surface area contributed by atoms with Gasteiger partial charge in [-0.1, -0.05) is 28.1 Å². The van der Waals surface area contributed by atoms with Crippen LogP contribution in [0.1, 0.15) is 24.3 Å². The molecule has 15 heavy (non-hydrogen) atoms. The van der Waals surface area contributed by atoms with Crippen molar-refractivity contribution in [2.24, 2.45) is 0 Å². The zero-order valence-corrected chi connectivity index (χ0v) is 10.8. The number of hydrogen-bond acceptors (Lipinski definition) is 2. The van der Waals surface area contributed by atoms with E-state index in [2.05, 4.69) is 45.6 Å². The molecule has 0 radical (unpaired) electrons. The van der Waals surface area contributed by atoms with E-state index in [0.717, 1.165) is 5.92 Å². The molecule has 1 N–H and O–H groups in total. The first-order chi connectivity index (χ1) is 7.15. The molecule has 0 bridgehead atoms. The van der Waals surface area contributed by atoms with E-state index in [9.17, 15) is 0 Å². The fourth-order valence-corrected chi connectivity index (χ4v) is 2.54. The summed E-state index contributed by atoms with van der Waals surface area (Å²) in [5.74, 6) is 0.736. The zero-order valence-electron chi connectivity index (χ0n) is 9.20. The molecule has 1 saturated carbocycles. The highest BCUT2D eigenvalue weighted by molar-refractivity contribution is 9.10. The van der Waals surface area contributed by atoms with E-state index in [-0.39, 0.29) is 0 Å². The highest BCUT2D eigenvalue weighted by Crippen LogP contribution is 2.37. The second kappa shape index (κ2) is 4.64.